The molecule has 0 heterocycles. The first kappa shape index (κ1) is 16.5. The van der Waals surface area contributed by atoms with Crippen molar-refractivity contribution < 1.29 is 9.13 Å². The number of rotatable bonds is 2. The lowest BCUT2D eigenvalue weighted by atomic mass is 9.80. The molecule has 0 bridgehead atoms. The van der Waals surface area contributed by atoms with Gasteiger partial charge in [0.15, 0.2) is 0 Å². The normalized spacial score (nSPS) is 12.3. The van der Waals surface area contributed by atoms with Crippen LogP contribution in [0.5, 0.6) is 11.5 Å². The minimum atomic E-state index is -0.258. The number of hydrogen-bond acceptors (Lipinski definition) is 1. The summed E-state index contributed by atoms with van der Waals surface area (Å²) in [6.07, 6.45) is 0. The first-order chi connectivity index (χ1) is 10.1. The first-order valence-electron chi connectivity index (χ1n) is 7.65. The second-order valence-electron chi connectivity index (χ2n) is 7.80. The van der Waals surface area contributed by atoms with Gasteiger partial charge in [0, 0.05) is 0 Å². The van der Waals surface area contributed by atoms with Crippen molar-refractivity contribution in [1.29, 1.82) is 0 Å². The molecule has 2 aromatic carbocycles. The summed E-state index contributed by atoms with van der Waals surface area (Å²) in [5.41, 5.74) is 2.55. The van der Waals surface area contributed by atoms with Gasteiger partial charge in [-0.2, -0.15) is 0 Å². The molecule has 0 saturated heterocycles. The molecule has 0 N–H and O–H groups in total. The van der Waals surface area contributed by atoms with E-state index in [2.05, 4.69) is 59.7 Å². The van der Waals surface area contributed by atoms with Crippen molar-refractivity contribution in [3.05, 3.63) is 59.4 Å². The van der Waals surface area contributed by atoms with E-state index in [0.717, 1.165) is 5.75 Å². The van der Waals surface area contributed by atoms with Crippen LogP contribution >= 0.6 is 0 Å². The minimum Gasteiger partial charge on any atom is -0.457 e. The molecule has 0 saturated carbocycles. The molecular formula is C20H25FO. The SMILES string of the molecule is CC(C)(C)c1cc(Oc2ccc(F)cc2)cc(C(C)(C)C)c1. The number of halogens is 1. The van der Waals surface area contributed by atoms with E-state index in [9.17, 15) is 4.39 Å². The zero-order valence-electron chi connectivity index (χ0n) is 14.3. The first-order valence-corrected chi connectivity index (χ1v) is 7.65. The molecule has 0 amide bonds. The second-order valence-corrected chi connectivity index (χ2v) is 7.80. The smallest absolute Gasteiger partial charge is 0.128 e. The fourth-order valence-electron chi connectivity index (χ4n) is 2.16. The largest absolute Gasteiger partial charge is 0.457 e. The molecule has 118 valence electrons. The second kappa shape index (κ2) is 5.75. The summed E-state index contributed by atoms with van der Waals surface area (Å²) < 4.78 is 18.9. The standard InChI is InChI=1S/C20H25FO/c1-19(2,3)14-11-15(20(4,5)6)13-18(12-14)22-17-9-7-16(21)8-10-17/h7-13H,1-6H3. The Kier molecular flexibility index (Phi) is 4.32. The fraction of sp³-hybridized carbons (Fsp3) is 0.400. The Morgan fingerprint density at radius 3 is 1.55 bits per heavy atom. The van der Waals surface area contributed by atoms with Gasteiger partial charge in [0.05, 0.1) is 0 Å². The van der Waals surface area contributed by atoms with Crippen molar-refractivity contribution in [2.45, 2.75) is 52.4 Å². The highest BCUT2D eigenvalue weighted by Crippen LogP contribution is 2.34. The third-order valence-electron chi connectivity index (χ3n) is 3.69. The highest BCUT2D eigenvalue weighted by atomic mass is 19.1. The van der Waals surface area contributed by atoms with Gasteiger partial charge in [-0.25, -0.2) is 4.39 Å². The topological polar surface area (TPSA) is 9.23 Å². The van der Waals surface area contributed by atoms with Crippen LogP contribution in [0.15, 0.2) is 42.5 Å². The summed E-state index contributed by atoms with van der Waals surface area (Å²) in [5, 5.41) is 0. The van der Waals surface area contributed by atoms with Crippen molar-refractivity contribution in [2.24, 2.45) is 0 Å². The molecule has 0 aliphatic carbocycles. The molecule has 0 aromatic heterocycles. The predicted molar refractivity (Wildman–Crippen MR) is 90.3 cm³/mol. The Balaban J connectivity index is 2.44. The highest BCUT2D eigenvalue weighted by Gasteiger charge is 2.21. The average Bonchev–Trinajstić information content (AvgIpc) is 2.39. The average molecular weight is 300 g/mol. The molecule has 1 nitrogen and oxygen atoms in total. The molecular weight excluding hydrogens is 275 g/mol. The molecule has 2 aromatic rings. The lowest BCUT2D eigenvalue weighted by Crippen LogP contribution is -2.16. The maximum atomic E-state index is 13.0. The van der Waals surface area contributed by atoms with Crippen molar-refractivity contribution in [3.63, 3.8) is 0 Å². The summed E-state index contributed by atoms with van der Waals surface area (Å²) in [4.78, 5) is 0. The number of benzene rings is 2. The zero-order valence-corrected chi connectivity index (χ0v) is 14.3. The predicted octanol–water partition coefficient (Wildman–Crippen LogP) is 6.21. The van der Waals surface area contributed by atoms with Crippen molar-refractivity contribution in [1.82, 2.24) is 0 Å². The van der Waals surface area contributed by atoms with Gasteiger partial charge in [-0.3, -0.25) is 0 Å². The van der Waals surface area contributed by atoms with Gasteiger partial charge in [0.1, 0.15) is 17.3 Å². The molecule has 0 aliphatic rings. The Labute approximate surface area is 133 Å². The molecule has 22 heavy (non-hydrogen) atoms. The monoisotopic (exact) mass is 300 g/mol. The lowest BCUT2D eigenvalue weighted by Gasteiger charge is -2.26. The van der Waals surface area contributed by atoms with E-state index >= 15 is 0 Å². The van der Waals surface area contributed by atoms with Crippen molar-refractivity contribution >= 4 is 0 Å². The van der Waals surface area contributed by atoms with E-state index in [0.29, 0.717) is 5.75 Å². The van der Waals surface area contributed by atoms with E-state index in [1.807, 2.05) is 0 Å². The Morgan fingerprint density at radius 1 is 0.682 bits per heavy atom. The summed E-state index contributed by atoms with van der Waals surface area (Å²) in [5.74, 6) is 1.18. The van der Waals surface area contributed by atoms with Gasteiger partial charge in [0.25, 0.3) is 0 Å². The number of ether oxygens (including phenoxy) is 1. The van der Waals surface area contributed by atoms with Crippen LogP contribution in [0.3, 0.4) is 0 Å². The quantitative estimate of drug-likeness (QED) is 0.640. The van der Waals surface area contributed by atoms with E-state index < -0.39 is 0 Å². The lowest BCUT2D eigenvalue weighted by molar-refractivity contribution is 0.471. The number of hydrogen-bond donors (Lipinski definition) is 0. The molecule has 2 rings (SSSR count). The van der Waals surface area contributed by atoms with Crippen LogP contribution in [0.2, 0.25) is 0 Å². The van der Waals surface area contributed by atoms with E-state index in [-0.39, 0.29) is 16.6 Å². The third kappa shape index (κ3) is 4.09. The maximum Gasteiger partial charge on any atom is 0.128 e. The molecule has 0 fully saturated rings. The zero-order chi connectivity index (χ0) is 16.5. The molecule has 0 spiro atoms. The van der Waals surface area contributed by atoms with Gasteiger partial charge in [-0.05, 0) is 58.4 Å². The Morgan fingerprint density at radius 2 is 1.14 bits per heavy atom. The van der Waals surface area contributed by atoms with Crippen LogP contribution in [0, 0.1) is 5.82 Å². The van der Waals surface area contributed by atoms with Gasteiger partial charge in [-0.1, -0.05) is 47.6 Å². The van der Waals surface area contributed by atoms with Gasteiger partial charge >= 0.3 is 0 Å². The van der Waals surface area contributed by atoms with Gasteiger partial charge < -0.3 is 4.74 Å². The van der Waals surface area contributed by atoms with E-state index in [1.165, 1.54) is 23.3 Å². The van der Waals surface area contributed by atoms with Crippen LogP contribution in [-0.2, 0) is 10.8 Å². The summed E-state index contributed by atoms with van der Waals surface area (Å²) >= 11 is 0. The summed E-state index contributed by atoms with van der Waals surface area (Å²) in [6.45, 7) is 13.1. The van der Waals surface area contributed by atoms with Crippen LogP contribution in [0.4, 0.5) is 4.39 Å². The molecule has 2 heteroatoms. The molecule has 0 radical (unpaired) electrons. The van der Waals surface area contributed by atoms with Crippen LogP contribution in [-0.4, -0.2) is 0 Å². The van der Waals surface area contributed by atoms with Crippen LogP contribution in [0.1, 0.15) is 52.7 Å². The van der Waals surface area contributed by atoms with Crippen molar-refractivity contribution in [2.75, 3.05) is 0 Å². The molecule has 0 aliphatic heterocycles. The van der Waals surface area contributed by atoms with Gasteiger partial charge in [0.2, 0.25) is 0 Å². The van der Waals surface area contributed by atoms with E-state index in [1.54, 1.807) is 12.1 Å². The minimum absolute atomic E-state index is 0.0438. The third-order valence-corrected chi connectivity index (χ3v) is 3.69. The fourth-order valence-corrected chi connectivity index (χ4v) is 2.16. The molecule has 0 atom stereocenters. The Hall–Kier alpha value is -1.83. The van der Waals surface area contributed by atoms with Crippen molar-refractivity contribution in [3.8, 4) is 11.5 Å². The highest BCUT2D eigenvalue weighted by molar-refractivity contribution is 5.42. The van der Waals surface area contributed by atoms with Crippen LogP contribution < -0.4 is 4.74 Å². The van der Waals surface area contributed by atoms with E-state index in [4.69, 9.17) is 4.74 Å². The van der Waals surface area contributed by atoms with Gasteiger partial charge in [-0.15, -0.1) is 0 Å². The molecule has 0 unspecified atom stereocenters. The maximum absolute atomic E-state index is 13.0. The summed E-state index contributed by atoms with van der Waals surface area (Å²) in [6, 6.07) is 12.5. The Bertz CT molecular complexity index is 611. The summed E-state index contributed by atoms with van der Waals surface area (Å²) in [7, 11) is 0. The van der Waals surface area contributed by atoms with Crippen LogP contribution in [0.25, 0.3) is 0 Å².